The Morgan fingerprint density at radius 1 is 1.21 bits per heavy atom. The van der Waals surface area contributed by atoms with Crippen LogP contribution in [0.1, 0.15) is 25.7 Å². The Bertz CT molecular complexity index is 273. The number of carbonyl (C=O) groups is 2. The van der Waals surface area contributed by atoms with Crippen molar-refractivity contribution < 1.29 is 14.3 Å². The van der Waals surface area contributed by atoms with E-state index in [-0.39, 0.29) is 51.4 Å². The predicted octanol–water partition coefficient (Wildman–Crippen LogP) is -0.133. The first kappa shape index (κ1) is 14.3. The molecule has 0 saturated carbocycles. The van der Waals surface area contributed by atoms with Gasteiger partial charge < -0.3 is 10.5 Å². The molecule has 0 heterocycles. The van der Waals surface area contributed by atoms with Crippen LogP contribution >= 0.6 is 0 Å². The van der Waals surface area contributed by atoms with E-state index in [9.17, 15) is 9.59 Å². The minimum atomic E-state index is -0.500. The van der Waals surface area contributed by atoms with E-state index in [2.05, 4.69) is 4.74 Å². The van der Waals surface area contributed by atoms with Crippen LogP contribution in [-0.2, 0) is 14.3 Å². The number of rotatable bonds is 2. The second-order valence-electron chi connectivity index (χ2n) is 3.02. The molecule has 0 atom stereocenters. The van der Waals surface area contributed by atoms with Crippen LogP contribution in [0.3, 0.4) is 0 Å². The molecule has 0 aliphatic heterocycles. The molecule has 2 N–H and O–H groups in total. The third-order valence-corrected chi connectivity index (χ3v) is 2.20. The molecule has 0 spiro atoms. The summed E-state index contributed by atoms with van der Waals surface area (Å²) in [5.74, 6) is -0.923. The summed E-state index contributed by atoms with van der Waals surface area (Å²) in [6.07, 6.45) is 3.03. The molecular weight excluding hydrogens is 209 g/mol. The van der Waals surface area contributed by atoms with Crippen molar-refractivity contribution in [1.82, 2.24) is 0 Å². The molecule has 0 aromatic rings. The summed E-state index contributed by atoms with van der Waals surface area (Å²) in [5, 5.41) is 0. The second-order valence-corrected chi connectivity index (χ2v) is 3.02. The zero-order chi connectivity index (χ0) is 9.84. The Kier molecular flexibility index (Phi) is 6.89. The molecule has 0 aromatic carbocycles. The van der Waals surface area contributed by atoms with Gasteiger partial charge in [-0.2, -0.15) is 0 Å². The maximum absolute atomic E-state index is 11.2. The molecule has 74 valence electrons. The Balaban J connectivity index is 0.00000169. The van der Waals surface area contributed by atoms with Crippen molar-refractivity contribution >= 4 is 63.3 Å². The summed E-state index contributed by atoms with van der Waals surface area (Å²) in [4.78, 5) is 22.1. The number of ether oxygens (including phenoxy) is 1. The quantitative estimate of drug-likeness (QED) is 0.523. The van der Waals surface area contributed by atoms with Crippen LogP contribution in [0.25, 0.3) is 0 Å². The van der Waals surface area contributed by atoms with Crippen molar-refractivity contribution in [2.45, 2.75) is 25.7 Å². The molecule has 1 rings (SSSR count). The number of amides is 1. The van der Waals surface area contributed by atoms with Gasteiger partial charge in [-0.05, 0) is 25.7 Å². The van der Waals surface area contributed by atoms with Gasteiger partial charge in [-0.3, -0.25) is 4.79 Å². The number of hydrogen-bond donors (Lipinski definition) is 1. The zero-order valence-corrected chi connectivity index (χ0v) is 7.63. The summed E-state index contributed by atoms with van der Waals surface area (Å²) < 4.78 is 4.57. The first-order chi connectivity index (χ1) is 6.16. The minimum absolute atomic E-state index is 0. The second kappa shape index (κ2) is 6.74. The fourth-order valence-corrected chi connectivity index (χ4v) is 1.53. The zero-order valence-electron chi connectivity index (χ0n) is 7.63. The van der Waals surface area contributed by atoms with Crippen LogP contribution in [0.15, 0.2) is 11.1 Å². The normalized spacial score (nSPS) is 15.8. The van der Waals surface area contributed by atoms with Crippen molar-refractivity contribution in [3.05, 3.63) is 11.1 Å². The summed E-state index contributed by atoms with van der Waals surface area (Å²) in [7, 11) is 1.31. The molecule has 0 fully saturated rings. The Morgan fingerprint density at radius 2 is 1.71 bits per heavy atom. The van der Waals surface area contributed by atoms with Gasteiger partial charge in [0.05, 0.1) is 7.11 Å². The van der Waals surface area contributed by atoms with Crippen LogP contribution in [0.2, 0.25) is 0 Å². The Hall–Kier alpha value is 0.316. The van der Waals surface area contributed by atoms with E-state index in [4.69, 9.17) is 5.73 Å². The van der Waals surface area contributed by atoms with Crippen molar-refractivity contribution in [3.8, 4) is 0 Å². The maximum atomic E-state index is 11.2. The molecule has 0 bridgehead atoms. The van der Waals surface area contributed by atoms with Crippen LogP contribution < -0.4 is 5.73 Å². The van der Waals surface area contributed by atoms with Crippen LogP contribution in [0.4, 0.5) is 0 Å². The Morgan fingerprint density at radius 3 is 2.14 bits per heavy atom. The van der Waals surface area contributed by atoms with Gasteiger partial charge in [-0.25, -0.2) is 4.79 Å². The summed E-state index contributed by atoms with van der Waals surface area (Å²) in [6, 6.07) is 0. The number of esters is 1. The molecule has 0 unspecified atom stereocenters. The standard InChI is InChI=1S/C9H13NO3.K.H/c1-13-9(12)7-5-3-2-4-6(7)8(10)11;;/h2-5H2,1H3,(H2,10,11);;. The van der Waals surface area contributed by atoms with E-state index >= 15 is 0 Å². The van der Waals surface area contributed by atoms with Gasteiger partial charge >= 0.3 is 57.4 Å². The third kappa shape index (κ3) is 3.47. The molecule has 0 aromatic heterocycles. The van der Waals surface area contributed by atoms with Crippen LogP contribution in [0, 0.1) is 0 Å². The summed E-state index contributed by atoms with van der Waals surface area (Å²) >= 11 is 0. The van der Waals surface area contributed by atoms with Crippen molar-refractivity contribution in [1.29, 1.82) is 0 Å². The van der Waals surface area contributed by atoms with Crippen molar-refractivity contribution in [3.63, 3.8) is 0 Å². The number of nitrogens with two attached hydrogens (primary N) is 1. The fourth-order valence-electron chi connectivity index (χ4n) is 1.53. The number of carbonyl (C=O) groups excluding carboxylic acids is 2. The number of primary amides is 1. The first-order valence-electron chi connectivity index (χ1n) is 4.27. The number of methoxy groups -OCH3 is 1. The molecular formula is C9H14KNO3. The van der Waals surface area contributed by atoms with Crippen LogP contribution in [-0.4, -0.2) is 70.4 Å². The van der Waals surface area contributed by atoms with E-state index in [1.54, 1.807) is 0 Å². The topological polar surface area (TPSA) is 69.4 Å². The molecule has 1 aliphatic carbocycles. The van der Waals surface area contributed by atoms with Crippen molar-refractivity contribution in [2.24, 2.45) is 5.73 Å². The number of hydrogen-bond acceptors (Lipinski definition) is 3. The van der Waals surface area contributed by atoms with Gasteiger partial charge in [-0.15, -0.1) is 0 Å². The van der Waals surface area contributed by atoms with E-state index in [1.165, 1.54) is 7.11 Å². The molecule has 0 saturated heterocycles. The molecule has 1 amide bonds. The molecule has 5 heteroatoms. The third-order valence-electron chi connectivity index (χ3n) is 2.20. The monoisotopic (exact) mass is 223 g/mol. The average Bonchev–Trinajstić information content (AvgIpc) is 2.16. The van der Waals surface area contributed by atoms with E-state index in [0.717, 1.165) is 12.8 Å². The van der Waals surface area contributed by atoms with Gasteiger partial charge in [0, 0.05) is 11.1 Å². The van der Waals surface area contributed by atoms with Gasteiger partial charge in [0.15, 0.2) is 0 Å². The molecule has 4 nitrogen and oxygen atoms in total. The summed E-state index contributed by atoms with van der Waals surface area (Å²) in [6.45, 7) is 0. The summed E-state index contributed by atoms with van der Waals surface area (Å²) in [5.41, 5.74) is 6.05. The molecule has 14 heavy (non-hydrogen) atoms. The van der Waals surface area contributed by atoms with Crippen molar-refractivity contribution in [2.75, 3.05) is 7.11 Å². The molecule has 1 aliphatic rings. The average molecular weight is 223 g/mol. The van der Waals surface area contributed by atoms with E-state index < -0.39 is 11.9 Å². The van der Waals surface area contributed by atoms with Gasteiger partial charge in [0.2, 0.25) is 5.91 Å². The first-order valence-corrected chi connectivity index (χ1v) is 4.27. The molecule has 0 radical (unpaired) electrons. The van der Waals surface area contributed by atoms with Gasteiger partial charge in [-0.1, -0.05) is 0 Å². The SMILES string of the molecule is COC(=O)C1=C(C(N)=O)CCCC1.[KH]. The predicted molar refractivity (Wildman–Crippen MR) is 53.9 cm³/mol. The van der Waals surface area contributed by atoms with Gasteiger partial charge in [0.1, 0.15) is 0 Å². The van der Waals surface area contributed by atoms with Crippen LogP contribution in [0.5, 0.6) is 0 Å². The van der Waals surface area contributed by atoms with E-state index in [0.29, 0.717) is 24.0 Å². The Labute approximate surface area is 126 Å². The fraction of sp³-hybridized carbons (Fsp3) is 0.556. The van der Waals surface area contributed by atoms with E-state index in [1.807, 2.05) is 0 Å². The van der Waals surface area contributed by atoms with Gasteiger partial charge in [0.25, 0.3) is 0 Å².